The van der Waals surface area contributed by atoms with Gasteiger partial charge in [0.15, 0.2) is 11.2 Å². The topological polar surface area (TPSA) is 109 Å². The number of hydrogen-bond acceptors (Lipinski definition) is 6. The molecule has 0 saturated carbocycles. The lowest BCUT2D eigenvalue weighted by Gasteiger charge is -2.21. The Morgan fingerprint density at radius 2 is 2.04 bits per heavy atom. The highest BCUT2D eigenvalue weighted by Gasteiger charge is 2.18. The van der Waals surface area contributed by atoms with Gasteiger partial charge in [0.25, 0.3) is 5.91 Å². The number of H-pyrrole nitrogens is 1. The van der Waals surface area contributed by atoms with Crippen LogP contribution in [0.2, 0.25) is 10.0 Å². The maximum absolute atomic E-state index is 12.4. The van der Waals surface area contributed by atoms with Crippen LogP contribution in [-0.4, -0.2) is 52.2 Å². The van der Waals surface area contributed by atoms with Gasteiger partial charge in [-0.25, -0.2) is 9.78 Å². The monoisotopic (exact) mass is 411 g/mol. The number of aromatic amines is 1. The van der Waals surface area contributed by atoms with E-state index in [-0.39, 0.29) is 30.1 Å². The zero-order valence-corrected chi connectivity index (χ0v) is 15.6. The van der Waals surface area contributed by atoms with Gasteiger partial charge in [0.05, 0.1) is 0 Å². The van der Waals surface area contributed by atoms with Gasteiger partial charge in [-0.1, -0.05) is 23.2 Å². The van der Waals surface area contributed by atoms with Crippen molar-refractivity contribution in [1.82, 2.24) is 14.9 Å². The van der Waals surface area contributed by atoms with Crippen LogP contribution >= 0.6 is 23.2 Å². The molecule has 2 aromatic heterocycles. The molecule has 3 rings (SSSR count). The van der Waals surface area contributed by atoms with Crippen LogP contribution in [0.25, 0.3) is 11.2 Å². The van der Waals surface area contributed by atoms with E-state index in [0.29, 0.717) is 15.8 Å². The van der Waals surface area contributed by atoms with Crippen molar-refractivity contribution in [3.05, 3.63) is 56.6 Å². The average molecular weight is 412 g/mol. The molecular formula is C17H15Cl2N3O5. The zero-order valence-electron chi connectivity index (χ0n) is 14.1. The Hall–Kier alpha value is -2.55. The van der Waals surface area contributed by atoms with E-state index >= 15 is 0 Å². The second-order valence-corrected chi connectivity index (χ2v) is 6.69. The second kappa shape index (κ2) is 7.99. The van der Waals surface area contributed by atoms with Crippen LogP contribution in [0.15, 0.2) is 39.5 Å². The minimum atomic E-state index is -0.950. The summed E-state index contributed by atoms with van der Waals surface area (Å²) in [5.41, 5.74) is 0.547. The minimum Gasteiger partial charge on any atom is -0.491 e. The predicted molar refractivity (Wildman–Crippen MR) is 99.6 cm³/mol. The molecule has 1 amide bonds. The van der Waals surface area contributed by atoms with E-state index in [1.54, 1.807) is 18.2 Å². The van der Waals surface area contributed by atoms with Gasteiger partial charge >= 0.3 is 5.76 Å². The van der Waals surface area contributed by atoms with Crippen LogP contribution in [-0.2, 0) is 0 Å². The molecule has 0 radical (unpaired) electrons. The fourth-order valence-electron chi connectivity index (χ4n) is 2.41. The van der Waals surface area contributed by atoms with Gasteiger partial charge in [-0.3, -0.25) is 9.78 Å². The lowest BCUT2D eigenvalue weighted by molar-refractivity contribution is 0.0559. The number of aliphatic hydroxyl groups is 1. The first-order valence-corrected chi connectivity index (χ1v) is 8.59. The molecule has 0 spiro atoms. The fraction of sp³-hybridized carbons (Fsp3) is 0.235. The molecule has 1 atom stereocenters. The van der Waals surface area contributed by atoms with Crippen molar-refractivity contribution in [2.24, 2.45) is 0 Å². The summed E-state index contributed by atoms with van der Waals surface area (Å²) in [6.07, 6.45) is -0.950. The van der Waals surface area contributed by atoms with E-state index in [9.17, 15) is 14.7 Å². The number of amides is 1. The molecule has 0 aliphatic carbocycles. The van der Waals surface area contributed by atoms with Gasteiger partial charge in [-0.05, 0) is 30.3 Å². The van der Waals surface area contributed by atoms with E-state index in [1.165, 1.54) is 24.1 Å². The van der Waals surface area contributed by atoms with E-state index in [2.05, 4.69) is 9.97 Å². The molecule has 1 unspecified atom stereocenters. The van der Waals surface area contributed by atoms with Crippen molar-refractivity contribution in [1.29, 1.82) is 0 Å². The third-order valence-electron chi connectivity index (χ3n) is 3.61. The molecule has 0 aliphatic heterocycles. The number of nitrogens with one attached hydrogen (secondary N) is 1. The minimum absolute atomic E-state index is 0.00869. The van der Waals surface area contributed by atoms with Gasteiger partial charge in [0, 0.05) is 23.6 Å². The normalized spacial score (nSPS) is 12.1. The molecule has 142 valence electrons. The maximum atomic E-state index is 12.4. The molecule has 0 bridgehead atoms. The van der Waals surface area contributed by atoms with Crippen molar-refractivity contribution in [3.8, 4) is 5.75 Å². The fourth-order valence-corrected chi connectivity index (χ4v) is 2.92. The number of pyridine rings is 1. The number of nitrogens with zero attached hydrogens (tertiary/aromatic N) is 2. The zero-order chi connectivity index (χ0) is 19.6. The molecule has 8 nitrogen and oxygen atoms in total. The molecule has 3 aromatic rings. The number of rotatable bonds is 6. The van der Waals surface area contributed by atoms with E-state index in [0.717, 1.165) is 0 Å². The molecule has 2 N–H and O–H groups in total. The van der Waals surface area contributed by atoms with Crippen LogP contribution in [0.5, 0.6) is 5.75 Å². The Labute approximate surface area is 163 Å². The van der Waals surface area contributed by atoms with E-state index in [1.807, 2.05) is 0 Å². The lowest BCUT2D eigenvalue weighted by Crippen LogP contribution is -2.37. The van der Waals surface area contributed by atoms with Gasteiger partial charge in [0.2, 0.25) is 0 Å². The van der Waals surface area contributed by atoms with E-state index < -0.39 is 17.8 Å². The summed E-state index contributed by atoms with van der Waals surface area (Å²) in [6.45, 7) is -0.0510. The van der Waals surface area contributed by atoms with Crippen LogP contribution in [0.3, 0.4) is 0 Å². The number of oxazole rings is 1. The molecule has 0 saturated heterocycles. The van der Waals surface area contributed by atoms with Gasteiger partial charge in [-0.2, -0.15) is 0 Å². The van der Waals surface area contributed by atoms with Crippen molar-refractivity contribution >= 4 is 40.3 Å². The summed E-state index contributed by atoms with van der Waals surface area (Å²) in [5.74, 6) is -0.662. The SMILES string of the molecule is CN(CC(O)COc1cc(Cl)cc(Cl)c1)C(=O)c1ccc2oc(=O)[nH]c2n1. The highest BCUT2D eigenvalue weighted by Crippen LogP contribution is 2.24. The van der Waals surface area contributed by atoms with Crippen molar-refractivity contribution in [3.63, 3.8) is 0 Å². The number of carbonyl (C=O) groups excluding carboxylic acids is 1. The average Bonchev–Trinajstić information content (AvgIpc) is 2.97. The number of hydrogen-bond donors (Lipinski definition) is 2. The maximum Gasteiger partial charge on any atom is 0.418 e. The number of benzene rings is 1. The second-order valence-electron chi connectivity index (χ2n) is 5.81. The molecule has 0 aliphatic rings. The van der Waals surface area contributed by atoms with Crippen molar-refractivity contribution in [2.45, 2.75) is 6.10 Å². The van der Waals surface area contributed by atoms with Crippen molar-refractivity contribution < 1.29 is 19.1 Å². The summed E-state index contributed by atoms with van der Waals surface area (Å²) in [7, 11) is 1.52. The Bertz CT molecular complexity index is 1010. The number of halogens is 2. The van der Waals surface area contributed by atoms with Crippen LogP contribution in [0.1, 0.15) is 10.5 Å². The third kappa shape index (κ3) is 4.79. The number of aromatic nitrogens is 2. The summed E-state index contributed by atoms with van der Waals surface area (Å²) >= 11 is 11.8. The van der Waals surface area contributed by atoms with Crippen LogP contribution in [0.4, 0.5) is 0 Å². The highest BCUT2D eigenvalue weighted by molar-refractivity contribution is 6.34. The standard InChI is InChI=1S/C17H15Cl2N3O5/c1-22(7-11(23)8-26-12-5-9(18)4-10(19)6-12)16(24)13-2-3-14-15(20-13)21-17(25)27-14/h2-6,11,23H,7-8H2,1H3,(H,20,21,25). The Morgan fingerprint density at radius 3 is 2.74 bits per heavy atom. The Morgan fingerprint density at radius 1 is 1.33 bits per heavy atom. The number of carbonyl (C=O) groups is 1. The first kappa shape index (κ1) is 19.2. The summed E-state index contributed by atoms with van der Waals surface area (Å²) < 4.78 is 10.3. The number of fused-ring (bicyclic) bond motifs is 1. The Balaban J connectivity index is 1.60. The van der Waals surface area contributed by atoms with Crippen molar-refractivity contribution in [2.75, 3.05) is 20.2 Å². The number of ether oxygens (including phenoxy) is 1. The summed E-state index contributed by atoms with van der Waals surface area (Å²) in [4.78, 5) is 31.3. The van der Waals surface area contributed by atoms with Gasteiger partial charge < -0.3 is 19.2 Å². The first-order valence-electron chi connectivity index (χ1n) is 7.84. The quantitative estimate of drug-likeness (QED) is 0.644. The molecule has 2 heterocycles. The van der Waals surface area contributed by atoms with Crippen LogP contribution < -0.4 is 10.5 Å². The van der Waals surface area contributed by atoms with E-state index in [4.69, 9.17) is 32.4 Å². The highest BCUT2D eigenvalue weighted by atomic mass is 35.5. The number of likely N-dealkylation sites (N-methyl/N-ethyl adjacent to an activating group) is 1. The van der Waals surface area contributed by atoms with Gasteiger partial charge in [-0.15, -0.1) is 0 Å². The molecule has 10 heteroatoms. The summed E-state index contributed by atoms with van der Waals surface area (Å²) in [6, 6.07) is 7.62. The molecular weight excluding hydrogens is 397 g/mol. The smallest absolute Gasteiger partial charge is 0.418 e. The lowest BCUT2D eigenvalue weighted by atomic mass is 10.3. The van der Waals surface area contributed by atoms with Gasteiger partial charge in [0.1, 0.15) is 24.2 Å². The third-order valence-corrected chi connectivity index (χ3v) is 4.05. The Kier molecular flexibility index (Phi) is 5.69. The predicted octanol–water partition coefficient (Wildman–Crippen LogP) is 2.33. The first-order chi connectivity index (χ1) is 12.8. The molecule has 0 fully saturated rings. The molecule has 1 aromatic carbocycles. The van der Waals surface area contributed by atoms with Crippen LogP contribution in [0, 0.1) is 0 Å². The summed E-state index contributed by atoms with van der Waals surface area (Å²) in [5, 5.41) is 11.0. The molecule has 27 heavy (non-hydrogen) atoms. The number of aliphatic hydroxyl groups excluding tert-OH is 1. The largest absolute Gasteiger partial charge is 0.491 e.